The highest BCUT2D eigenvalue weighted by Gasteiger charge is 2.23. The van der Waals surface area contributed by atoms with Gasteiger partial charge in [-0.3, -0.25) is 0 Å². The predicted molar refractivity (Wildman–Crippen MR) is 76.5 cm³/mol. The van der Waals surface area contributed by atoms with Gasteiger partial charge in [0.05, 0.1) is 12.2 Å². The van der Waals surface area contributed by atoms with E-state index in [1.807, 2.05) is 0 Å². The summed E-state index contributed by atoms with van der Waals surface area (Å²) in [6, 6.07) is 0. The summed E-state index contributed by atoms with van der Waals surface area (Å²) in [7, 11) is 4.22. The molecule has 0 bridgehead atoms. The molecule has 0 saturated carbocycles. The van der Waals surface area contributed by atoms with Gasteiger partial charge in [0.2, 0.25) is 0 Å². The van der Waals surface area contributed by atoms with E-state index in [4.69, 9.17) is 11.6 Å². The van der Waals surface area contributed by atoms with Gasteiger partial charge in [0, 0.05) is 19.6 Å². The Morgan fingerprint density at radius 1 is 1.37 bits per heavy atom. The number of piperidine rings is 1. The van der Waals surface area contributed by atoms with Crippen molar-refractivity contribution >= 4 is 17.4 Å². The summed E-state index contributed by atoms with van der Waals surface area (Å²) in [5.41, 5.74) is 0.634. The van der Waals surface area contributed by atoms with Crippen molar-refractivity contribution < 1.29 is 5.11 Å². The van der Waals surface area contributed by atoms with Crippen LogP contribution in [-0.4, -0.2) is 53.7 Å². The molecule has 0 unspecified atom stereocenters. The molecule has 1 N–H and O–H groups in total. The highest BCUT2D eigenvalue weighted by atomic mass is 35.5. The summed E-state index contributed by atoms with van der Waals surface area (Å²) in [5, 5.41) is 9.75. The Hall–Kier alpha value is -0.910. The van der Waals surface area contributed by atoms with E-state index >= 15 is 0 Å². The van der Waals surface area contributed by atoms with Crippen LogP contribution in [0.25, 0.3) is 0 Å². The van der Waals surface area contributed by atoms with Crippen molar-refractivity contribution in [2.45, 2.75) is 19.4 Å². The number of nitrogens with zero attached hydrogens (tertiary/aromatic N) is 4. The Kier molecular flexibility index (Phi) is 4.96. The van der Waals surface area contributed by atoms with Crippen molar-refractivity contribution in [1.29, 1.82) is 0 Å². The number of hydrogen-bond donors (Lipinski definition) is 1. The maximum absolute atomic E-state index is 9.40. The first-order valence-electron chi connectivity index (χ1n) is 6.61. The van der Waals surface area contributed by atoms with Crippen LogP contribution in [0, 0.1) is 5.92 Å². The first-order valence-corrected chi connectivity index (χ1v) is 6.99. The molecular formula is C13H21ClN4O. The van der Waals surface area contributed by atoms with E-state index in [1.54, 1.807) is 0 Å². The highest BCUT2D eigenvalue weighted by molar-refractivity contribution is 6.30. The average Bonchev–Trinajstić information content (AvgIpc) is 2.38. The van der Waals surface area contributed by atoms with E-state index in [-0.39, 0.29) is 6.61 Å². The van der Waals surface area contributed by atoms with Crippen LogP contribution < -0.4 is 4.90 Å². The lowest BCUT2D eigenvalue weighted by atomic mass is 9.96. The third-order valence-electron chi connectivity index (χ3n) is 3.57. The van der Waals surface area contributed by atoms with Crippen molar-refractivity contribution in [1.82, 2.24) is 14.9 Å². The molecule has 1 aliphatic heterocycles. The smallest absolute Gasteiger partial charge is 0.140 e. The zero-order valence-electron chi connectivity index (χ0n) is 11.5. The molecule has 6 heteroatoms. The number of hydrogen-bond acceptors (Lipinski definition) is 5. The number of aliphatic hydroxyl groups excluding tert-OH is 1. The Morgan fingerprint density at radius 3 is 2.63 bits per heavy atom. The van der Waals surface area contributed by atoms with Gasteiger partial charge in [0.25, 0.3) is 0 Å². The molecule has 0 aromatic carbocycles. The first-order chi connectivity index (χ1) is 9.11. The van der Waals surface area contributed by atoms with E-state index < -0.39 is 0 Å². The molecule has 5 nitrogen and oxygen atoms in total. The van der Waals surface area contributed by atoms with E-state index in [0.29, 0.717) is 10.7 Å². The number of anilines is 1. The van der Waals surface area contributed by atoms with E-state index in [0.717, 1.165) is 44.2 Å². The fraction of sp³-hybridized carbons (Fsp3) is 0.692. The summed E-state index contributed by atoms with van der Waals surface area (Å²) >= 11 is 6.00. The molecule has 0 amide bonds. The zero-order chi connectivity index (χ0) is 13.8. The quantitative estimate of drug-likeness (QED) is 0.847. The van der Waals surface area contributed by atoms with Gasteiger partial charge in [0.15, 0.2) is 0 Å². The largest absolute Gasteiger partial charge is 0.391 e. The van der Waals surface area contributed by atoms with Gasteiger partial charge in [-0.2, -0.15) is 0 Å². The Bertz CT molecular complexity index is 419. The Labute approximate surface area is 119 Å². The molecule has 0 atom stereocenters. The summed E-state index contributed by atoms with van der Waals surface area (Å²) in [4.78, 5) is 12.6. The van der Waals surface area contributed by atoms with Crippen molar-refractivity contribution in [3.05, 3.63) is 17.0 Å². The minimum absolute atomic E-state index is 0.118. The second-order valence-electron chi connectivity index (χ2n) is 5.32. The van der Waals surface area contributed by atoms with Crippen LogP contribution in [0.4, 0.5) is 5.82 Å². The molecule has 1 fully saturated rings. The SMILES string of the molecule is CN(C)CC1CCN(c2ncnc(Cl)c2CO)CC1. The van der Waals surface area contributed by atoms with Gasteiger partial charge >= 0.3 is 0 Å². The lowest BCUT2D eigenvalue weighted by molar-refractivity contribution is 0.276. The highest BCUT2D eigenvalue weighted by Crippen LogP contribution is 2.27. The number of aromatic nitrogens is 2. The molecule has 2 heterocycles. The van der Waals surface area contributed by atoms with Gasteiger partial charge in [-0.15, -0.1) is 0 Å². The topological polar surface area (TPSA) is 52.5 Å². The molecular weight excluding hydrogens is 264 g/mol. The van der Waals surface area contributed by atoms with Crippen LogP contribution in [0.15, 0.2) is 6.33 Å². The molecule has 0 aliphatic carbocycles. The molecule has 1 aromatic heterocycles. The molecule has 19 heavy (non-hydrogen) atoms. The second-order valence-corrected chi connectivity index (χ2v) is 5.68. The van der Waals surface area contributed by atoms with Gasteiger partial charge in [-0.25, -0.2) is 9.97 Å². The van der Waals surface area contributed by atoms with Gasteiger partial charge < -0.3 is 14.9 Å². The van der Waals surface area contributed by atoms with Crippen molar-refractivity contribution in [2.24, 2.45) is 5.92 Å². The van der Waals surface area contributed by atoms with Gasteiger partial charge in [0.1, 0.15) is 17.3 Å². The third kappa shape index (κ3) is 3.55. The average molecular weight is 285 g/mol. The van der Waals surface area contributed by atoms with Crippen LogP contribution in [-0.2, 0) is 6.61 Å². The number of rotatable bonds is 4. The molecule has 0 radical (unpaired) electrons. The zero-order valence-corrected chi connectivity index (χ0v) is 12.3. The molecule has 2 rings (SSSR count). The summed E-state index contributed by atoms with van der Waals surface area (Å²) in [5.74, 6) is 1.52. The van der Waals surface area contributed by atoms with Gasteiger partial charge in [-0.1, -0.05) is 11.6 Å². The van der Waals surface area contributed by atoms with Crippen molar-refractivity contribution in [3.63, 3.8) is 0 Å². The monoisotopic (exact) mass is 284 g/mol. The maximum Gasteiger partial charge on any atom is 0.140 e. The normalized spacial score (nSPS) is 17.2. The first kappa shape index (κ1) is 14.5. The minimum atomic E-state index is -0.118. The third-order valence-corrected chi connectivity index (χ3v) is 3.89. The molecule has 1 saturated heterocycles. The summed E-state index contributed by atoms with van der Waals surface area (Å²) in [6.45, 7) is 2.93. The number of halogens is 1. The molecule has 106 valence electrons. The Balaban J connectivity index is 2.03. The Morgan fingerprint density at radius 2 is 2.05 bits per heavy atom. The van der Waals surface area contributed by atoms with Crippen LogP contribution in [0.3, 0.4) is 0 Å². The lowest BCUT2D eigenvalue weighted by Gasteiger charge is -2.34. The number of aliphatic hydroxyl groups is 1. The van der Waals surface area contributed by atoms with Crippen LogP contribution in [0.2, 0.25) is 5.15 Å². The van der Waals surface area contributed by atoms with Crippen LogP contribution in [0.5, 0.6) is 0 Å². The summed E-state index contributed by atoms with van der Waals surface area (Å²) in [6.07, 6.45) is 3.75. The molecule has 1 aliphatic rings. The fourth-order valence-corrected chi connectivity index (χ4v) is 2.82. The van der Waals surface area contributed by atoms with Crippen LogP contribution >= 0.6 is 11.6 Å². The fourth-order valence-electron chi connectivity index (χ4n) is 2.63. The van der Waals surface area contributed by atoms with E-state index in [1.165, 1.54) is 6.33 Å². The maximum atomic E-state index is 9.40. The molecule has 1 aromatic rings. The summed E-state index contributed by atoms with van der Waals surface area (Å²) < 4.78 is 0. The minimum Gasteiger partial charge on any atom is -0.391 e. The van der Waals surface area contributed by atoms with Crippen molar-refractivity contribution in [2.75, 3.05) is 38.6 Å². The van der Waals surface area contributed by atoms with E-state index in [2.05, 4.69) is 33.9 Å². The standard InChI is InChI=1S/C13H21ClN4O/c1-17(2)7-10-3-5-18(6-4-10)13-11(8-19)12(14)15-9-16-13/h9-10,19H,3-8H2,1-2H3. The van der Waals surface area contributed by atoms with Gasteiger partial charge in [-0.05, 0) is 32.9 Å². The molecule has 0 spiro atoms. The van der Waals surface area contributed by atoms with E-state index in [9.17, 15) is 5.11 Å². The second kappa shape index (κ2) is 6.50. The predicted octanol–water partition coefficient (Wildman–Crippen LogP) is 1.40. The lowest BCUT2D eigenvalue weighted by Crippen LogP contribution is -2.38. The van der Waals surface area contributed by atoms with Crippen molar-refractivity contribution in [3.8, 4) is 0 Å². The van der Waals surface area contributed by atoms with Crippen LogP contribution in [0.1, 0.15) is 18.4 Å².